The molecule has 1 aromatic rings. The van der Waals surface area contributed by atoms with Crippen molar-refractivity contribution >= 4 is 0 Å². The molecule has 1 heterocycles. The van der Waals surface area contributed by atoms with Crippen LogP contribution in [0, 0.1) is 0 Å². The molecule has 3 rings (SSSR count). The number of aromatic nitrogens is 2. The zero-order valence-corrected chi connectivity index (χ0v) is 8.23. The average molecular weight is 194 g/mol. The lowest BCUT2D eigenvalue weighted by Gasteiger charge is -2.27. The fraction of sp³-hybridized carbons (Fsp3) is 0.800. The fourth-order valence-corrected chi connectivity index (χ4v) is 1.85. The highest BCUT2D eigenvalue weighted by Crippen LogP contribution is 2.47. The standard InChI is InChI=1S/C10H14N2O2/c1-10(2-3-10)9-11-8(14-12-9)6-4-7(13)5-6/h6-7,13H,2-5H2,1H3. The van der Waals surface area contributed by atoms with E-state index in [0.29, 0.717) is 5.92 Å². The molecular formula is C10H14N2O2. The highest BCUT2D eigenvalue weighted by molar-refractivity contribution is 5.15. The Kier molecular flexibility index (Phi) is 1.54. The molecule has 0 unspecified atom stereocenters. The molecule has 0 amide bonds. The van der Waals surface area contributed by atoms with Crippen molar-refractivity contribution in [3.05, 3.63) is 11.7 Å². The van der Waals surface area contributed by atoms with E-state index in [1.54, 1.807) is 0 Å². The minimum Gasteiger partial charge on any atom is -0.393 e. The Hall–Kier alpha value is -0.900. The molecule has 0 spiro atoms. The van der Waals surface area contributed by atoms with E-state index in [4.69, 9.17) is 9.63 Å². The van der Waals surface area contributed by atoms with Crippen LogP contribution in [-0.2, 0) is 5.41 Å². The van der Waals surface area contributed by atoms with Gasteiger partial charge in [0.15, 0.2) is 5.82 Å². The van der Waals surface area contributed by atoms with Crippen molar-refractivity contribution in [1.29, 1.82) is 0 Å². The quantitative estimate of drug-likeness (QED) is 0.772. The lowest BCUT2D eigenvalue weighted by atomic mass is 9.82. The maximum atomic E-state index is 9.17. The first-order chi connectivity index (χ1) is 6.67. The fourth-order valence-electron chi connectivity index (χ4n) is 1.85. The summed E-state index contributed by atoms with van der Waals surface area (Å²) in [5, 5.41) is 13.2. The van der Waals surface area contributed by atoms with Gasteiger partial charge in [0.05, 0.1) is 6.10 Å². The summed E-state index contributed by atoms with van der Waals surface area (Å²) in [6.45, 7) is 2.16. The Morgan fingerprint density at radius 3 is 2.71 bits per heavy atom. The van der Waals surface area contributed by atoms with E-state index >= 15 is 0 Å². The van der Waals surface area contributed by atoms with Crippen LogP contribution in [-0.4, -0.2) is 21.4 Å². The second kappa shape index (κ2) is 2.57. The van der Waals surface area contributed by atoms with Gasteiger partial charge in [-0.3, -0.25) is 0 Å². The van der Waals surface area contributed by atoms with Gasteiger partial charge in [0, 0.05) is 11.3 Å². The molecule has 0 bridgehead atoms. The van der Waals surface area contributed by atoms with E-state index in [2.05, 4.69) is 17.1 Å². The van der Waals surface area contributed by atoms with Gasteiger partial charge in [-0.05, 0) is 25.7 Å². The number of nitrogens with zero attached hydrogens (tertiary/aromatic N) is 2. The smallest absolute Gasteiger partial charge is 0.229 e. The predicted molar refractivity (Wildman–Crippen MR) is 48.9 cm³/mol. The lowest BCUT2D eigenvalue weighted by Crippen LogP contribution is -2.26. The second-order valence-corrected chi connectivity index (χ2v) is 4.84. The minimum absolute atomic E-state index is 0.160. The maximum absolute atomic E-state index is 9.17. The Morgan fingerprint density at radius 2 is 2.14 bits per heavy atom. The molecule has 0 aliphatic heterocycles. The number of aliphatic hydroxyl groups excluding tert-OH is 1. The molecule has 0 radical (unpaired) electrons. The molecular weight excluding hydrogens is 180 g/mol. The van der Waals surface area contributed by atoms with E-state index in [0.717, 1.165) is 24.6 Å². The first-order valence-electron chi connectivity index (χ1n) is 5.19. The summed E-state index contributed by atoms with van der Waals surface area (Å²) in [4.78, 5) is 4.41. The third kappa shape index (κ3) is 1.17. The molecule has 1 N–H and O–H groups in total. The largest absolute Gasteiger partial charge is 0.393 e. The SMILES string of the molecule is CC1(c2noc(C3CC(O)C3)n2)CC1. The molecule has 0 saturated heterocycles. The molecule has 2 fully saturated rings. The predicted octanol–water partition coefficient (Wildman–Crippen LogP) is 1.36. The summed E-state index contributed by atoms with van der Waals surface area (Å²) < 4.78 is 5.21. The third-order valence-corrected chi connectivity index (χ3v) is 3.44. The van der Waals surface area contributed by atoms with E-state index in [1.807, 2.05) is 0 Å². The van der Waals surface area contributed by atoms with Crippen LogP contribution in [0.5, 0.6) is 0 Å². The number of rotatable bonds is 2. The molecule has 4 heteroatoms. The molecule has 76 valence electrons. The van der Waals surface area contributed by atoms with Gasteiger partial charge in [0.1, 0.15) is 0 Å². The van der Waals surface area contributed by atoms with Crippen molar-refractivity contribution in [2.75, 3.05) is 0 Å². The molecule has 14 heavy (non-hydrogen) atoms. The second-order valence-electron chi connectivity index (χ2n) is 4.84. The number of hydrogen-bond donors (Lipinski definition) is 1. The van der Waals surface area contributed by atoms with Crippen molar-refractivity contribution in [2.45, 2.75) is 50.0 Å². The van der Waals surface area contributed by atoms with E-state index in [1.165, 1.54) is 12.8 Å². The number of aliphatic hydroxyl groups is 1. The summed E-state index contributed by atoms with van der Waals surface area (Å²) in [7, 11) is 0. The first-order valence-corrected chi connectivity index (χ1v) is 5.19. The lowest BCUT2D eigenvalue weighted by molar-refractivity contribution is 0.0625. The topological polar surface area (TPSA) is 59.2 Å². The summed E-state index contributed by atoms with van der Waals surface area (Å²) in [6.07, 6.45) is 3.72. The van der Waals surface area contributed by atoms with Crippen LogP contribution in [0.25, 0.3) is 0 Å². The van der Waals surface area contributed by atoms with Gasteiger partial charge in [-0.1, -0.05) is 12.1 Å². The van der Waals surface area contributed by atoms with Gasteiger partial charge in [-0.2, -0.15) is 4.98 Å². The van der Waals surface area contributed by atoms with Gasteiger partial charge >= 0.3 is 0 Å². The number of hydrogen-bond acceptors (Lipinski definition) is 4. The maximum Gasteiger partial charge on any atom is 0.229 e. The minimum atomic E-state index is -0.160. The Balaban J connectivity index is 1.77. The third-order valence-electron chi connectivity index (χ3n) is 3.44. The van der Waals surface area contributed by atoms with E-state index in [-0.39, 0.29) is 11.5 Å². The van der Waals surface area contributed by atoms with Gasteiger partial charge < -0.3 is 9.63 Å². The summed E-state index contributed by atoms with van der Waals surface area (Å²) in [5.41, 5.74) is 0.185. The summed E-state index contributed by atoms with van der Waals surface area (Å²) in [5.74, 6) is 1.88. The monoisotopic (exact) mass is 194 g/mol. The van der Waals surface area contributed by atoms with Crippen LogP contribution in [0.2, 0.25) is 0 Å². The zero-order chi connectivity index (χ0) is 9.76. The normalized spacial score (nSPS) is 33.9. The molecule has 0 atom stereocenters. The van der Waals surface area contributed by atoms with Crippen LogP contribution in [0.3, 0.4) is 0 Å². The molecule has 2 aliphatic carbocycles. The molecule has 0 aromatic carbocycles. The van der Waals surface area contributed by atoms with Crippen molar-refractivity contribution in [3.8, 4) is 0 Å². The molecule has 4 nitrogen and oxygen atoms in total. The van der Waals surface area contributed by atoms with Crippen LogP contribution in [0.4, 0.5) is 0 Å². The zero-order valence-electron chi connectivity index (χ0n) is 8.23. The molecule has 2 aliphatic rings. The molecule has 2 saturated carbocycles. The van der Waals surface area contributed by atoms with Crippen LogP contribution in [0.1, 0.15) is 50.2 Å². The Morgan fingerprint density at radius 1 is 1.43 bits per heavy atom. The molecule has 1 aromatic heterocycles. The van der Waals surface area contributed by atoms with Crippen molar-refractivity contribution in [2.24, 2.45) is 0 Å². The van der Waals surface area contributed by atoms with Crippen molar-refractivity contribution < 1.29 is 9.63 Å². The van der Waals surface area contributed by atoms with Crippen molar-refractivity contribution in [1.82, 2.24) is 10.1 Å². The van der Waals surface area contributed by atoms with E-state index < -0.39 is 0 Å². The van der Waals surface area contributed by atoms with Crippen LogP contribution in [0.15, 0.2) is 4.52 Å². The van der Waals surface area contributed by atoms with Gasteiger partial charge in [0.25, 0.3) is 0 Å². The summed E-state index contributed by atoms with van der Waals surface area (Å²) in [6, 6.07) is 0. The Labute approximate surface area is 82.3 Å². The average Bonchev–Trinajstić information content (AvgIpc) is 2.66. The van der Waals surface area contributed by atoms with E-state index in [9.17, 15) is 0 Å². The van der Waals surface area contributed by atoms with Crippen LogP contribution < -0.4 is 0 Å². The highest BCUT2D eigenvalue weighted by Gasteiger charge is 2.44. The first kappa shape index (κ1) is 8.41. The van der Waals surface area contributed by atoms with Crippen LogP contribution >= 0.6 is 0 Å². The van der Waals surface area contributed by atoms with Gasteiger partial charge in [-0.25, -0.2) is 0 Å². The highest BCUT2D eigenvalue weighted by atomic mass is 16.5. The summed E-state index contributed by atoms with van der Waals surface area (Å²) >= 11 is 0. The van der Waals surface area contributed by atoms with Gasteiger partial charge in [-0.15, -0.1) is 0 Å². The van der Waals surface area contributed by atoms with Crippen molar-refractivity contribution in [3.63, 3.8) is 0 Å². The Bertz CT molecular complexity index is 351. The van der Waals surface area contributed by atoms with Gasteiger partial charge in [0.2, 0.25) is 5.89 Å².